The maximum atomic E-state index is 13.4. The van der Waals surface area contributed by atoms with E-state index in [1.807, 2.05) is 23.1 Å². The number of carbonyl (C=O) groups excluding carboxylic acids is 1. The van der Waals surface area contributed by atoms with Crippen molar-refractivity contribution in [2.75, 3.05) is 17.6 Å². The summed E-state index contributed by atoms with van der Waals surface area (Å²) in [6.07, 6.45) is 5.91. The average molecular weight is 462 g/mol. The van der Waals surface area contributed by atoms with Crippen LogP contribution in [0.3, 0.4) is 0 Å². The van der Waals surface area contributed by atoms with Gasteiger partial charge in [-0.25, -0.2) is 9.78 Å². The normalized spacial score (nSPS) is 19.1. The SMILES string of the molecule is CC(C)(CN(C(=O)Nc1ncc(SCC(=O)O)s1)[C@H]1CC[C@H](C)CC1)c1ccccc1. The molecule has 2 amide bonds. The van der Waals surface area contributed by atoms with Crippen molar-refractivity contribution in [1.29, 1.82) is 0 Å². The molecule has 168 valence electrons. The summed E-state index contributed by atoms with van der Waals surface area (Å²) in [5.74, 6) is -0.186. The lowest BCUT2D eigenvalue weighted by Gasteiger charge is -2.40. The number of anilines is 1. The van der Waals surface area contributed by atoms with Crippen LogP contribution in [0.5, 0.6) is 0 Å². The number of urea groups is 1. The second-order valence-electron chi connectivity index (χ2n) is 8.89. The molecule has 2 aromatic rings. The summed E-state index contributed by atoms with van der Waals surface area (Å²) in [7, 11) is 0. The molecule has 2 N–H and O–H groups in total. The van der Waals surface area contributed by atoms with E-state index in [2.05, 4.69) is 43.2 Å². The molecule has 1 saturated carbocycles. The number of carbonyl (C=O) groups is 2. The van der Waals surface area contributed by atoms with Gasteiger partial charge in [-0.2, -0.15) is 0 Å². The number of hydrogen-bond donors (Lipinski definition) is 2. The van der Waals surface area contributed by atoms with Crippen LogP contribution in [0.4, 0.5) is 9.93 Å². The Balaban J connectivity index is 1.74. The van der Waals surface area contributed by atoms with Gasteiger partial charge in [0.15, 0.2) is 5.13 Å². The van der Waals surface area contributed by atoms with Crippen molar-refractivity contribution in [3.63, 3.8) is 0 Å². The van der Waals surface area contributed by atoms with Gasteiger partial charge in [-0.15, -0.1) is 11.8 Å². The molecule has 1 aromatic carbocycles. The Morgan fingerprint density at radius 1 is 1.23 bits per heavy atom. The number of aromatic nitrogens is 1. The van der Waals surface area contributed by atoms with Crippen molar-refractivity contribution in [2.24, 2.45) is 5.92 Å². The average Bonchev–Trinajstić information content (AvgIpc) is 3.19. The first-order valence-corrected chi connectivity index (χ1v) is 12.5. The maximum absolute atomic E-state index is 13.4. The Kier molecular flexibility index (Phi) is 8.00. The van der Waals surface area contributed by atoms with Gasteiger partial charge in [-0.1, -0.05) is 62.4 Å². The van der Waals surface area contributed by atoms with Crippen LogP contribution >= 0.6 is 23.1 Å². The van der Waals surface area contributed by atoms with Crippen molar-refractivity contribution in [2.45, 2.75) is 62.1 Å². The molecule has 0 atom stereocenters. The summed E-state index contributed by atoms with van der Waals surface area (Å²) in [6.45, 7) is 7.25. The molecule has 0 unspecified atom stereocenters. The number of aliphatic carboxylic acids is 1. The lowest BCUT2D eigenvalue weighted by atomic mass is 9.82. The largest absolute Gasteiger partial charge is 0.481 e. The summed E-state index contributed by atoms with van der Waals surface area (Å²) in [6, 6.07) is 10.4. The molecule has 1 aliphatic rings. The monoisotopic (exact) mass is 461 g/mol. The van der Waals surface area contributed by atoms with Crippen LogP contribution in [0.15, 0.2) is 40.7 Å². The van der Waals surface area contributed by atoms with Crippen molar-refractivity contribution >= 4 is 40.2 Å². The molecule has 1 fully saturated rings. The molecule has 3 rings (SSSR count). The fourth-order valence-electron chi connectivity index (χ4n) is 4.01. The molecular weight excluding hydrogens is 430 g/mol. The minimum absolute atomic E-state index is 0.0206. The fraction of sp³-hybridized carbons (Fsp3) is 0.522. The number of thiazole rings is 1. The minimum Gasteiger partial charge on any atom is -0.481 e. The van der Waals surface area contributed by atoms with Crippen molar-refractivity contribution in [3.05, 3.63) is 42.1 Å². The quantitative estimate of drug-likeness (QED) is 0.492. The molecule has 0 radical (unpaired) electrons. The van der Waals surface area contributed by atoms with Crippen LogP contribution in [0.2, 0.25) is 0 Å². The molecule has 0 bridgehead atoms. The van der Waals surface area contributed by atoms with Gasteiger partial charge in [0, 0.05) is 18.0 Å². The molecule has 0 aliphatic heterocycles. The minimum atomic E-state index is -0.871. The molecule has 8 heteroatoms. The Hall–Kier alpha value is -2.06. The molecule has 6 nitrogen and oxygen atoms in total. The third-order valence-electron chi connectivity index (χ3n) is 5.84. The third kappa shape index (κ3) is 6.71. The highest BCUT2D eigenvalue weighted by atomic mass is 32.2. The van der Waals surface area contributed by atoms with E-state index in [0.29, 0.717) is 17.6 Å². The molecule has 1 aliphatic carbocycles. The van der Waals surface area contributed by atoms with Gasteiger partial charge in [0.05, 0.1) is 16.2 Å². The van der Waals surface area contributed by atoms with Crippen molar-refractivity contribution < 1.29 is 14.7 Å². The number of nitrogens with zero attached hydrogens (tertiary/aromatic N) is 2. The molecule has 31 heavy (non-hydrogen) atoms. The van der Waals surface area contributed by atoms with E-state index >= 15 is 0 Å². The summed E-state index contributed by atoms with van der Waals surface area (Å²) in [4.78, 5) is 30.4. The lowest BCUT2D eigenvalue weighted by Crippen LogP contribution is -2.49. The maximum Gasteiger partial charge on any atom is 0.323 e. The van der Waals surface area contributed by atoms with Crippen molar-refractivity contribution in [1.82, 2.24) is 9.88 Å². The van der Waals surface area contributed by atoms with Crippen LogP contribution in [0.1, 0.15) is 52.0 Å². The van der Waals surface area contributed by atoms with Gasteiger partial charge in [0.2, 0.25) is 0 Å². The topological polar surface area (TPSA) is 82.5 Å². The number of nitrogens with one attached hydrogen (secondary N) is 1. The highest BCUT2D eigenvalue weighted by Crippen LogP contribution is 2.33. The zero-order valence-corrected chi connectivity index (χ0v) is 20.0. The summed E-state index contributed by atoms with van der Waals surface area (Å²) >= 11 is 2.52. The van der Waals surface area contributed by atoms with E-state index < -0.39 is 5.97 Å². The smallest absolute Gasteiger partial charge is 0.323 e. The highest BCUT2D eigenvalue weighted by Gasteiger charge is 2.33. The van der Waals surface area contributed by atoms with E-state index in [0.717, 1.165) is 29.9 Å². The Labute approximate surface area is 192 Å². The van der Waals surface area contributed by atoms with Gasteiger partial charge in [-0.05, 0) is 37.2 Å². The Morgan fingerprint density at radius 2 is 1.90 bits per heavy atom. The molecule has 1 aromatic heterocycles. The van der Waals surface area contributed by atoms with Crippen LogP contribution in [-0.4, -0.2) is 45.3 Å². The van der Waals surface area contributed by atoms with Crippen LogP contribution in [-0.2, 0) is 10.2 Å². The second kappa shape index (κ2) is 10.5. The van der Waals surface area contributed by atoms with E-state index in [1.54, 1.807) is 6.20 Å². The third-order valence-corrected chi connectivity index (χ3v) is 7.94. The number of rotatable bonds is 8. The number of amides is 2. The number of benzene rings is 1. The summed E-state index contributed by atoms with van der Waals surface area (Å²) in [5.41, 5.74) is 1.02. The van der Waals surface area contributed by atoms with E-state index in [4.69, 9.17) is 5.11 Å². The predicted octanol–water partition coefficient (Wildman–Crippen LogP) is 5.71. The zero-order chi connectivity index (χ0) is 22.4. The molecule has 0 spiro atoms. The zero-order valence-electron chi connectivity index (χ0n) is 18.3. The fourth-order valence-corrected chi connectivity index (χ4v) is 5.59. The standard InChI is InChI=1S/C23H31N3O3S2/c1-16-9-11-18(12-10-16)26(15-23(2,3)17-7-5-4-6-8-17)22(29)25-21-24-13-20(31-21)30-14-19(27)28/h4-8,13,16,18H,9-12,14-15H2,1-3H3,(H,27,28)(H,24,25,29)/t16-,18-. The van der Waals surface area contributed by atoms with Crippen LogP contribution in [0, 0.1) is 5.92 Å². The Morgan fingerprint density at radius 3 is 2.55 bits per heavy atom. The summed E-state index contributed by atoms with van der Waals surface area (Å²) < 4.78 is 0.778. The molecule has 1 heterocycles. The highest BCUT2D eigenvalue weighted by molar-refractivity contribution is 8.01. The molecular formula is C23H31N3O3S2. The van der Waals surface area contributed by atoms with Crippen LogP contribution < -0.4 is 5.32 Å². The first kappa shape index (κ1) is 23.6. The van der Waals surface area contributed by atoms with E-state index in [-0.39, 0.29) is 23.2 Å². The lowest BCUT2D eigenvalue weighted by molar-refractivity contribution is -0.133. The second-order valence-corrected chi connectivity index (χ2v) is 11.2. The number of thioether (sulfide) groups is 1. The van der Waals surface area contributed by atoms with Gasteiger partial charge in [-0.3, -0.25) is 10.1 Å². The number of carboxylic acids is 1. The Bertz CT molecular complexity index is 877. The van der Waals surface area contributed by atoms with Crippen molar-refractivity contribution in [3.8, 4) is 0 Å². The van der Waals surface area contributed by atoms with E-state index in [1.165, 1.54) is 28.7 Å². The van der Waals surface area contributed by atoms with Gasteiger partial charge in [0.1, 0.15) is 0 Å². The number of hydrogen-bond acceptors (Lipinski definition) is 5. The predicted molar refractivity (Wildman–Crippen MR) is 127 cm³/mol. The molecule has 0 saturated heterocycles. The van der Waals surface area contributed by atoms with E-state index in [9.17, 15) is 9.59 Å². The first-order chi connectivity index (χ1) is 14.7. The van der Waals surface area contributed by atoms with Gasteiger partial charge >= 0.3 is 12.0 Å². The summed E-state index contributed by atoms with van der Waals surface area (Å²) in [5, 5.41) is 12.3. The first-order valence-electron chi connectivity index (χ1n) is 10.7. The number of carboxylic acid groups (broad SMARTS) is 1. The van der Waals surface area contributed by atoms with Gasteiger partial charge in [0.25, 0.3) is 0 Å². The van der Waals surface area contributed by atoms with Gasteiger partial charge < -0.3 is 10.0 Å². The van der Waals surface area contributed by atoms with Crippen LogP contribution in [0.25, 0.3) is 0 Å².